The number of aryl methyl sites for hydroxylation is 1. The minimum atomic E-state index is -0.515. The first-order chi connectivity index (χ1) is 5.65. The maximum absolute atomic E-state index is 10.7. The van der Waals surface area contributed by atoms with Crippen molar-refractivity contribution in [2.75, 3.05) is 0 Å². The van der Waals surface area contributed by atoms with Gasteiger partial charge in [-0.25, -0.2) is 0 Å². The van der Waals surface area contributed by atoms with Crippen LogP contribution < -0.4 is 0 Å². The van der Waals surface area contributed by atoms with Gasteiger partial charge in [0.05, 0.1) is 5.56 Å². The van der Waals surface area contributed by atoms with Crippen molar-refractivity contribution in [2.24, 2.45) is 0 Å². The number of hydrogen-bond acceptors (Lipinski definition) is 2. The molecule has 0 radical (unpaired) electrons. The zero-order valence-corrected chi connectivity index (χ0v) is 8.13. The van der Waals surface area contributed by atoms with E-state index in [2.05, 4.69) is 4.98 Å². The zero-order valence-electron chi connectivity index (χ0n) is 6.56. The van der Waals surface area contributed by atoms with E-state index in [1.165, 1.54) is 0 Å². The molecule has 12 heavy (non-hydrogen) atoms. The SMILES string of the molecule is CCc1ccc(C(=O)Cl)c(=S)[nH]1. The van der Waals surface area contributed by atoms with Gasteiger partial charge in [0.15, 0.2) is 0 Å². The molecule has 0 saturated carbocycles. The summed E-state index contributed by atoms with van der Waals surface area (Å²) in [5, 5.41) is -0.515. The van der Waals surface area contributed by atoms with E-state index in [0.717, 1.165) is 12.1 Å². The van der Waals surface area contributed by atoms with Gasteiger partial charge in [-0.05, 0) is 30.2 Å². The van der Waals surface area contributed by atoms with Crippen LogP contribution in [0.3, 0.4) is 0 Å². The number of halogens is 1. The Morgan fingerprint density at radius 2 is 2.33 bits per heavy atom. The lowest BCUT2D eigenvalue weighted by Gasteiger charge is -1.98. The van der Waals surface area contributed by atoms with E-state index in [9.17, 15) is 4.79 Å². The van der Waals surface area contributed by atoms with Crippen LogP contribution in [0.4, 0.5) is 0 Å². The molecule has 1 N–H and O–H groups in total. The molecule has 0 spiro atoms. The summed E-state index contributed by atoms with van der Waals surface area (Å²) in [7, 11) is 0. The third-order valence-electron chi connectivity index (χ3n) is 1.56. The second kappa shape index (κ2) is 3.83. The average molecular weight is 202 g/mol. The molecule has 0 atom stereocenters. The summed E-state index contributed by atoms with van der Waals surface area (Å²) in [5.41, 5.74) is 1.37. The number of carbonyl (C=O) groups excluding carboxylic acids is 1. The maximum atomic E-state index is 10.7. The summed E-state index contributed by atoms with van der Waals surface area (Å²) < 4.78 is 0.411. The van der Waals surface area contributed by atoms with Crippen LogP contribution in [0.2, 0.25) is 0 Å². The minimum absolute atomic E-state index is 0.365. The highest BCUT2D eigenvalue weighted by Crippen LogP contribution is 2.06. The highest BCUT2D eigenvalue weighted by atomic mass is 35.5. The molecule has 64 valence electrons. The number of carbonyl (C=O) groups is 1. The molecule has 0 saturated heterocycles. The highest BCUT2D eigenvalue weighted by Gasteiger charge is 2.03. The van der Waals surface area contributed by atoms with Crippen molar-refractivity contribution < 1.29 is 4.79 Å². The lowest BCUT2D eigenvalue weighted by atomic mass is 10.2. The Bertz CT molecular complexity index is 358. The van der Waals surface area contributed by atoms with Crippen LogP contribution in [0.5, 0.6) is 0 Å². The summed E-state index contributed by atoms with van der Waals surface area (Å²) in [4.78, 5) is 13.7. The zero-order chi connectivity index (χ0) is 9.14. The van der Waals surface area contributed by atoms with E-state index in [-0.39, 0.29) is 0 Å². The number of aromatic nitrogens is 1. The Morgan fingerprint density at radius 3 is 2.75 bits per heavy atom. The number of H-pyrrole nitrogens is 1. The molecule has 0 aliphatic rings. The van der Waals surface area contributed by atoms with Crippen LogP contribution in [-0.4, -0.2) is 10.2 Å². The van der Waals surface area contributed by atoms with Gasteiger partial charge in [0.1, 0.15) is 4.64 Å². The molecule has 0 unspecified atom stereocenters. The summed E-state index contributed by atoms with van der Waals surface area (Å²) in [6, 6.07) is 3.46. The molecule has 0 bridgehead atoms. The Hall–Kier alpha value is -0.670. The van der Waals surface area contributed by atoms with Gasteiger partial charge in [0.2, 0.25) is 0 Å². The fraction of sp³-hybridized carbons (Fsp3) is 0.250. The van der Waals surface area contributed by atoms with Gasteiger partial charge in [-0.2, -0.15) is 0 Å². The van der Waals surface area contributed by atoms with Crippen molar-refractivity contribution in [1.29, 1.82) is 0 Å². The van der Waals surface area contributed by atoms with Crippen molar-refractivity contribution in [3.05, 3.63) is 28.0 Å². The number of aromatic amines is 1. The third-order valence-corrected chi connectivity index (χ3v) is 2.09. The maximum Gasteiger partial charge on any atom is 0.255 e. The standard InChI is InChI=1S/C8H8ClNOS/c1-2-5-3-4-6(7(9)11)8(12)10-5/h3-4H,2H2,1H3,(H,10,12). The van der Waals surface area contributed by atoms with Crippen LogP contribution in [0, 0.1) is 4.64 Å². The second-order valence-electron chi connectivity index (χ2n) is 2.35. The van der Waals surface area contributed by atoms with Crippen LogP contribution in [0.25, 0.3) is 0 Å². The van der Waals surface area contributed by atoms with E-state index in [4.69, 9.17) is 23.8 Å². The van der Waals surface area contributed by atoms with Crippen LogP contribution in [-0.2, 0) is 6.42 Å². The van der Waals surface area contributed by atoms with Crippen molar-refractivity contribution >= 4 is 29.1 Å². The van der Waals surface area contributed by atoms with Gasteiger partial charge in [-0.3, -0.25) is 4.79 Å². The van der Waals surface area contributed by atoms with Crippen molar-refractivity contribution in [1.82, 2.24) is 4.98 Å². The summed E-state index contributed by atoms with van der Waals surface area (Å²) in [5.74, 6) is 0. The predicted octanol–water partition coefficient (Wildman–Crippen LogP) is 2.69. The fourth-order valence-corrected chi connectivity index (χ4v) is 1.38. The molecule has 0 amide bonds. The second-order valence-corrected chi connectivity index (χ2v) is 3.11. The molecular formula is C8H8ClNOS. The van der Waals surface area contributed by atoms with Crippen LogP contribution in [0.1, 0.15) is 23.0 Å². The third kappa shape index (κ3) is 1.93. The first kappa shape index (κ1) is 9.42. The van der Waals surface area contributed by atoms with E-state index >= 15 is 0 Å². The number of hydrogen-bond donors (Lipinski definition) is 1. The molecule has 2 nitrogen and oxygen atoms in total. The highest BCUT2D eigenvalue weighted by molar-refractivity contribution is 7.71. The number of pyridine rings is 1. The molecular weight excluding hydrogens is 194 g/mol. The predicted molar refractivity (Wildman–Crippen MR) is 51.2 cm³/mol. The molecule has 0 aromatic carbocycles. The van der Waals surface area contributed by atoms with E-state index in [0.29, 0.717) is 10.2 Å². The summed E-state index contributed by atoms with van der Waals surface area (Å²) in [6.45, 7) is 2.00. The van der Waals surface area contributed by atoms with E-state index < -0.39 is 5.24 Å². The molecule has 1 heterocycles. The summed E-state index contributed by atoms with van der Waals surface area (Å²) in [6.07, 6.45) is 0.862. The van der Waals surface area contributed by atoms with Crippen LogP contribution in [0.15, 0.2) is 12.1 Å². The molecule has 1 aromatic rings. The first-order valence-electron chi connectivity index (χ1n) is 3.57. The van der Waals surface area contributed by atoms with Crippen molar-refractivity contribution in [3.8, 4) is 0 Å². The topological polar surface area (TPSA) is 32.9 Å². The van der Waals surface area contributed by atoms with Gasteiger partial charge < -0.3 is 4.98 Å². The molecule has 0 aliphatic carbocycles. The molecule has 1 aromatic heterocycles. The molecule has 0 aliphatic heterocycles. The minimum Gasteiger partial charge on any atom is -0.349 e. The van der Waals surface area contributed by atoms with E-state index in [1.807, 2.05) is 13.0 Å². The average Bonchev–Trinajstić information content (AvgIpc) is 2.03. The van der Waals surface area contributed by atoms with Gasteiger partial charge in [0, 0.05) is 5.69 Å². The monoisotopic (exact) mass is 201 g/mol. The molecule has 4 heteroatoms. The summed E-state index contributed by atoms with van der Waals surface area (Å²) >= 11 is 10.2. The normalized spacial score (nSPS) is 9.83. The lowest BCUT2D eigenvalue weighted by Crippen LogP contribution is -1.95. The Kier molecular flexibility index (Phi) is 3.00. The fourth-order valence-electron chi connectivity index (χ4n) is 0.875. The largest absolute Gasteiger partial charge is 0.349 e. The quantitative estimate of drug-likeness (QED) is 0.590. The number of nitrogens with one attached hydrogen (secondary N) is 1. The van der Waals surface area contributed by atoms with Crippen molar-refractivity contribution in [2.45, 2.75) is 13.3 Å². The molecule has 0 fully saturated rings. The Balaban J connectivity index is 3.21. The lowest BCUT2D eigenvalue weighted by molar-refractivity contribution is 0.108. The van der Waals surface area contributed by atoms with Gasteiger partial charge in [-0.15, -0.1) is 0 Å². The first-order valence-corrected chi connectivity index (χ1v) is 4.35. The number of rotatable bonds is 2. The smallest absolute Gasteiger partial charge is 0.255 e. The van der Waals surface area contributed by atoms with Gasteiger partial charge >= 0.3 is 0 Å². The van der Waals surface area contributed by atoms with E-state index in [1.54, 1.807) is 6.07 Å². The van der Waals surface area contributed by atoms with Gasteiger partial charge in [0.25, 0.3) is 5.24 Å². The van der Waals surface area contributed by atoms with Gasteiger partial charge in [-0.1, -0.05) is 19.1 Å². The Morgan fingerprint density at radius 1 is 1.67 bits per heavy atom. The van der Waals surface area contributed by atoms with Crippen molar-refractivity contribution in [3.63, 3.8) is 0 Å². The van der Waals surface area contributed by atoms with Crippen LogP contribution >= 0.6 is 23.8 Å². The Labute approximate surface area is 80.6 Å². The molecule has 1 rings (SSSR count).